The van der Waals surface area contributed by atoms with Gasteiger partial charge in [0.25, 0.3) is 0 Å². The fourth-order valence-electron chi connectivity index (χ4n) is 3.52. The zero-order valence-corrected chi connectivity index (χ0v) is 17.7. The Morgan fingerprint density at radius 3 is 1.62 bits per heavy atom. The number of hydrogen-bond acceptors (Lipinski definition) is 1. The normalized spacial score (nSPS) is 12.4. The van der Waals surface area contributed by atoms with Gasteiger partial charge in [-0.15, -0.1) is 0 Å². The Morgan fingerprint density at radius 2 is 1.12 bits per heavy atom. The summed E-state index contributed by atoms with van der Waals surface area (Å²) in [6, 6.07) is 10.5. The van der Waals surface area contributed by atoms with Crippen LogP contribution >= 0.6 is 0 Å². The SMILES string of the molecule is CCCCCCCCCCCCCCCCC(C)OCc1ccccc1. The lowest BCUT2D eigenvalue weighted by atomic mass is 10.0. The number of rotatable bonds is 18. The minimum atomic E-state index is 0.382. The van der Waals surface area contributed by atoms with Crippen LogP contribution in [-0.2, 0) is 11.3 Å². The molecular weight excluding hydrogens is 316 g/mol. The second-order valence-corrected chi connectivity index (χ2v) is 7.99. The summed E-state index contributed by atoms with van der Waals surface area (Å²) in [6.45, 7) is 5.26. The lowest BCUT2D eigenvalue weighted by Crippen LogP contribution is -2.07. The molecule has 1 nitrogen and oxygen atoms in total. The van der Waals surface area contributed by atoms with Crippen LogP contribution in [-0.4, -0.2) is 6.10 Å². The Hall–Kier alpha value is -0.820. The van der Waals surface area contributed by atoms with Crippen LogP contribution in [0.3, 0.4) is 0 Å². The molecule has 1 heteroatoms. The van der Waals surface area contributed by atoms with Gasteiger partial charge in [0.1, 0.15) is 0 Å². The van der Waals surface area contributed by atoms with Crippen molar-refractivity contribution in [2.75, 3.05) is 0 Å². The lowest BCUT2D eigenvalue weighted by Gasteiger charge is -2.13. The van der Waals surface area contributed by atoms with Crippen molar-refractivity contribution in [2.45, 2.75) is 123 Å². The Labute approximate surface area is 163 Å². The van der Waals surface area contributed by atoms with Crippen LogP contribution in [0, 0.1) is 0 Å². The molecule has 0 amide bonds. The predicted octanol–water partition coefficient (Wildman–Crippen LogP) is 8.46. The van der Waals surface area contributed by atoms with Crippen LogP contribution in [0.15, 0.2) is 30.3 Å². The highest BCUT2D eigenvalue weighted by molar-refractivity contribution is 5.13. The van der Waals surface area contributed by atoms with Crippen LogP contribution in [0.2, 0.25) is 0 Å². The molecule has 0 radical (unpaired) electrons. The summed E-state index contributed by atoms with van der Waals surface area (Å²) < 4.78 is 5.94. The summed E-state index contributed by atoms with van der Waals surface area (Å²) in [5.41, 5.74) is 1.28. The van der Waals surface area contributed by atoms with E-state index in [2.05, 4.69) is 44.2 Å². The quantitative estimate of drug-likeness (QED) is 0.238. The summed E-state index contributed by atoms with van der Waals surface area (Å²) in [6.07, 6.45) is 21.5. The van der Waals surface area contributed by atoms with E-state index in [-0.39, 0.29) is 0 Å². The van der Waals surface area contributed by atoms with Crippen molar-refractivity contribution in [3.05, 3.63) is 35.9 Å². The molecule has 0 aliphatic rings. The molecule has 0 N–H and O–H groups in total. The van der Waals surface area contributed by atoms with Gasteiger partial charge in [0.15, 0.2) is 0 Å². The van der Waals surface area contributed by atoms with Gasteiger partial charge >= 0.3 is 0 Å². The summed E-state index contributed by atoms with van der Waals surface area (Å²) in [7, 11) is 0. The summed E-state index contributed by atoms with van der Waals surface area (Å²) >= 11 is 0. The fourth-order valence-corrected chi connectivity index (χ4v) is 3.52. The maximum atomic E-state index is 5.94. The molecule has 0 heterocycles. The minimum Gasteiger partial charge on any atom is -0.374 e. The van der Waals surface area contributed by atoms with Crippen molar-refractivity contribution in [1.82, 2.24) is 0 Å². The van der Waals surface area contributed by atoms with E-state index in [1.165, 1.54) is 102 Å². The molecule has 1 unspecified atom stereocenters. The highest BCUT2D eigenvalue weighted by Crippen LogP contribution is 2.14. The largest absolute Gasteiger partial charge is 0.374 e. The zero-order valence-electron chi connectivity index (χ0n) is 17.7. The number of unbranched alkanes of at least 4 members (excludes halogenated alkanes) is 13. The molecule has 1 aromatic rings. The topological polar surface area (TPSA) is 9.23 Å². The molecule has 0 aliphatic carbocycles. The molecule has 26 heavy (non-hydrogen) atoms. The van der Waals surface area contributed by atoms with E-state index < -0.39 is 0 Å². The highest BCUT2D eigenvalue weighted by Gasteiger charge is 2.02. The van der Waals surface area contributed by atoms with Crippen molar-refractivity contribution in [1.29, 1.82) is 0 Å². The second-order valence-electron chi connectivity index (χ2n) is 7.99. The van der Waals surface area contributed by atoms with Crippen molar-refractivity contribution >= 4 is 0 Å². The third-order valence-electron chi connectivity index (χ3n) is 5.34. The van der Waals surface area contributed by atoms with E-state index in [0.717, 1.165) is 6.61 Å². The summed E-state index contributed by atoms with van der Waals surface area (Å²) in [5.74, 6) is 0. The van der Waals surface area contributed by atoms with E-state index >= 15 is 0 Å². The van der Waals surface area contributed by atoms with Crippen LogP contribution in [0.25, 0.3) is 0 Å². The Morgan fingerprint density at radius 1 is 0.654 bits per heavy atom. The van der Waals surface area contributed by atoms with E-state index in [0.29, 0.717) is 6.10 Å². The maximum absolute atomic E-state index is 5.94. The highest BCUT2D eigenvalue weighted by atomic mass is 16.5. The van der Waals surface area contributed by atoms with Gasteiger partial charge in [0.2, 0.25) is 0 Å². The first-order valence-electron chi connectivity index (χ1n) is 11.5. The third-order valence-corrected chi connectivity index (χ3v) is 5.34. The average molecular weight is 361 g/mol. The summed E-state index contributed by atoms with van der Waals surface area (Å²) in [5, 5.41) is 0. The molecule has 0 saturated heterocycles. The molecule has 0 spiro atoms. The van der Waals surface area contributed by atoms with Crippen molar-refractivity contribution in [2.24, 2.45) is 0 Å². The minimum absolute atomic E-state index is 0.382. The molecule has 0 fully saturated rings. The molecule has 1 rings (SSSR count). The van der Waals surface area contributed by atoms with Crippen molar-refractivity contribution in [3.63, 3.8) is 0 Å². The third kappa shape index (κ3) is 14.4. The molecule has 0 saturated carbocycles. The Balaban J connectivity index is 1.77. The first-order valence-corrected chi connectivity index (χ1v) is 11.5. The van der Waals surface area contributed by atoms with Crippen LogP contribution < -0.4 is 0 Å². The standard InChI is InChI=1S/C25H44O/c1-3-4-5-6-7-8-9-10-11-12-13-14-15-17-20-24(2)26-23-25-21-18-16-19-22-25/h16,18-19,21-22,24H,3-15,17,20,23H2,1-2H3. The molecule has 1 atom stereocenters. The number of ether oxygens (including phenoxy) is 1. The van der Waals surface area contributed by atoms with Gasteiger partial charge in [-0.05, 0) is 18.9 Å². The van der Waals surface area contributed by atoms with Gasteiger partial charge in [-0.3, -0.25) is 0 Å². The average Bonchev–Trinajstić information content (AvgIpc) is 2.67. The van der Waals surface area contributed by atoms with Gasteiger partial charge < -0.3 is 4.74 Å². The Kier molecular flexibility index (Phi) is 15.7. The maximum Gasteiger partial charge on any atom is 0.0720 e. The molecule has 0 bridgehead atoms. The van der Waals surface area contributed by atoms with E-state index in [1.54, 1.807) is 0 Å². The van der Waals surface area contributed by atoms with Gasteiger partial charge in [-0.2, -0.15) is 0 Å². The van der Waals surface area contributed by atoms with Crippen molar-refractivity contribution in [3.8, 4) is 0 Å². The van der Waals surface area contributed by atoms with Gasteiger partial charge in [0, 0.05) is 0 Å². The zero-order chi connectivity index (χ0) is 18.7. The second kappa shape index (κ2) is 17.6. The van der Waals surface area contributed by atoms with E-state index in [9.17, 15) is 0 Å². The monoisotopic (exact) mass is 360 g/mol. The Bertz CT molecular complexity index is 386. The van der Waals surface area contributed by atoms with Gasteiger partial charge in [-0.1, -0.05) is 127 Å². The molecule has 1 aromatic carbocycles. The molecule has 150 valence electrons. The molecule has 0 aliphatic heterocycles. The smallest absolute Gasteiger partial charge is 0.0720 e. The van der Waals surface area contributed by atoms with Crippen LogP contribution in [0.5, 0.6) is 0 Å². The fraction of sp³-hybridized carbons (Fsp3) is 0.760. The summed E-state index contributed by atoms with van der Waals surface area (Å²) in [4.78, 5) is 0. The van der Waals surface area contributed by atoms with Crippen LogP contribution in [0.4, 0.5) is 0 Å². The number of hydrogen-bond donors (Lipinski definition) is 0. The van der Waals surface area contributed by atoms with E-state index in [1.807, 2.05) is 0 Å². The first kappa shape index (κ1) is 23.2. The van der Waals surface area contributed by atoms with Crippen molar-refractivity contribution < 1.29 is 4.74 Å². The van der Waals surface area contributed by atoms with Gasteiger partial charge in [0.05, 0.1) is 12.7 Å². The van der Waals surface area contributed by atoms with E-state index in [4.69, 9.17) is 4.74 Å². The molecule has 0 aromatic heterocycles. The molecular formula is C25H44O. The number of benzene rings is 1. The van der Waals surface area contributed by atoms with Crippen LogP contribution in [0.1, 0.15) is 116 Å². The van der Waals surface area contributed by atoms with Gasteiger partial charge in [-0.25, -0.2) is 0 Å². The predicted molar refractivity (Wildman–Crippen MR) is 116 cm³/mol. The lowest BCUT2D eigenvalue weighted by molar-refractivity contribution is 0.0459. The first-order chi connectivity index (χ1) is 12.8.